The third kappa shape index (κ3) is 2.07. The minimum Gasteiger partial charge on any atom is -0.326 e. The van der Waals surface area contributed by atoms with Crippen LogP contribution in [0.3, 0.4) is 0 Å². The number of hydrogen-bond donors (Lipinski definition) is 1. The molecule has 2 aliphatic rings. The summed E-state index contributed by atoms with van der Waals surface area (Å²) in [5.41, 5.74) is 6.39. The van der Waals surface area contributed by atoms with Gasteiger partial charge in [0.2, 0.25) is 10.0 Å². The molecule has 1 saturated carbocycles. The number of fused-ring (bicyclic) bond motifs is 2. The molecule has 3 unspecified atom stereocenters. The van der Waals surface area contributed by atoms with E-state index >= 15 is 0 Å². The van der Waals surface area contributed by atoms with Crippen LogP contribution in [0.15, 0.2) is 29.2 Å². The van der Waals surface area contributed by atoms with Crippen LogP contribution in [0.1, 0.15) is 18.4 Å². The lowest BCUT2D eigenvalue weighted by Gasteiger charge is -2.27. The predicted molar refractivity (Wildman–Crippen MR) is 69.6 cm³/mol. The Morgan fingerprint density at radius 3 is 2.42 bits per heavy atom. The van der Waals surface area contributed by atoms with E-state index in [1.165, 1.54) is 4.31 Å². The third-order valence-corrected chi connectivity index (χ3v) is 6.10. The van der Waals surface area contributed by atoms with Gasteiger partial charge in [0, 0.05) is 25.0 Å². The molecule has 2 bridgehead atoms. The van der Waals surface area contributed by atoms with Crippen molar-refractivity contribution in [1.29, 1.82) is 0 Å². The molecule has 4 nitrogen and oxygen atoms in total. The molecule has 19 heavy (non-hydrogen) atoms. The average molecular weight is 284 g/mol. The van der Waals surface area contributed by atoms with Gasteiger partial charge in [-0.3, -0.25) is 0 Å². The first-order chi connectivity index (χ1) is 9.02. The fourth-order valence-electron chi connectivity index (χ4n) is 3.08. The molecule has 1 aliphatic carbocycles. The second-order valence-corrected chi connectivity index (χ2v) is 7.21. The predicted octanol–water partition coefficient (Wildman–Crippen LogP) is 1.27. The third-order valence-electron chi connectivity index (χ3n) is 4.17. The van der Waals surface area contributed by atoms with E-state index in [9.17, 15) is 12.8 Å². The lowest BCUT2D eigenvalue weighted by Crippen LogP contribution is -2.40. The zero-order chi connectivity index (χ0) is 13.6. The lowest BCUT2D eigenvalue weighted by molar-refractivity contribution is 0.199. The van der Waals surface area contributed by atoms with E-state index in [1.807, 2.05) is 0 Å². The molecular formula is C13H17FN2O2S. The molecule has 1 aromatic carbocycles. The van der Waals surface area contributed by atoms with Gasteiger partial charge in [-0.2, -0.15) is 4.31 Å². The molecule has 2 fully saturated rings. The number of alkyl halides is 1. The van der Waals surface area contributed by atoms with Gasteiger partial charge >= 0.3 is 0 Å². The van der Waals surface area contributed by atoms with Crippen LogP contribution >= 0.6 is 0 Å². The summed E-state index contributed by atoms with van der Waals surface area (Å²) in [7, 11) is -3.49. The molecule has 1 saturated heterocycles. The van der Waals surface area contributed by atoms with E-state index in [1.54, 1.807) is 24.3 Å². The number of nitrogens with two attached hydrogens (primary N) is 1. The Morgan fingerprint density at radius 2 is 1.95 bits per heavy atom. The van der Waals surface area contributed by atoms with Crippen LogP contribution in [0, 0.1) is 5.92 Å². The molecule has 3 rings (SSSR count). The molecule has 1 heterocycles. The van der Waals surface area contributed by atoms with Crippen molar-refractivity contribution >= 4 is 10.0 Å². The summed E-state index contributed by atoms with van der Waals surface area (Å²) in [6.07, 6.45) is 0.155. The van der Waals surface area contributed by atoms with Crippen LogP contribution in [0.5, 0.6) is 0 Å². The van der Waals surface area contributed by atoms with Crippen LogP contribution in [0.25, 0.3) is 0 Å². The Labute approximate surface area is 112 Å². The normalized spacial score (nSPS) is 30.9. The topological polar surface area (TPSA) is 63.4 Å². The van der Waals surface area contributed by atoms with Crippen molar-refractivity contribution in [2.45, 2.75) is 36.5 Å². The number of halogens is 1. The Bertz CT molecular complexity index is 571. The molecule has 1 aromatic rings. The minimum absolute atomic E-state index is 0.122. The highest BCUT2D eigenvalue weighted by Crippen LogP contribution is 2.42. The average Bonchev–Trinajstić information content (AvgIpc) is 2.98. The first-order valence-corrected chi connectivity index (χ1v) is 7.91. The molecule has 1 aliphatic heterocycles. The quantitative estimate of drug-likeness (QED) is 0.909. The van der Waals surface area contributed by atoms with Gasteiger partial charge in [0.15, 0.2) is 0 Å². The van der Waals surface area contributed by atoms with E-state index in [0.29, 0.717) is 25.9 Å². The summed E-state index contributed by atoms with van der Waals surface area (Å²) >= 11 is 0. The van der Waals surface area contributed by atoms with Crippen molar-refractivity contribution in [2.75, 3.05) is 6.54 Å². The second kappa shape index (κ2) is 4.54. The molecular weight excluding hydrogens is 267 g/mol. The fraction of sp³-hybridized carbons (Fsp3) is 0.538. The maximum atomic E-state index is 13.4. The Kier molecular flexibility index (Phi) is 3.11. The smallest absolute Gasteiger partial charge is 0.243 e. The highest BCUT2D eigenvalue weighted by molar-refractivity contribution is 7.89. The summed E-state index contributed by atoms with van der Waals surface area (Å²) in [6, 6.07) is 6.43. The van der Waals surface area contributed by atoms with Gasteiger partial charge in [-0.1, -0.05) is 12.1 Å². The van der Waals surface area contributed by atoms with Crippen LogP contribution < -0.4 is 5.73 Å². The first kappa shape index (κ1) is 13.0. The fourth-order valence-corrected chi connectivity index (χ4v) is 4.78. The van der Waals surface area contributed by atoms with Gasteiger partial charge in [0.1, 0.15) is 6.17 Å². The van der Waals surface area contributed by atoms with Crippen molar-refractivity contribution in [1.82, 2.24) is 4.31 Å². The summed E-state index contributed by atoms with van der Waals surface area (Å²) in [4.78, 5) is 0.271. The van der Waals surface area contributed by atoms with Crippen molar-refractivity contribution in [3.05, 3.63) is 29.8 Å². The van der Waals surface area contributed by atoms with Crippen molar-refractivity contribution < 1.29 is 12.8 Å². The zero-order valence-corrected chi connectivity index (χ0v) is 11.3. The maximum Gasteiger partial charge on any atom is 0.243 e. The van der Waals surface area contributed by atoms with E-state index < -0.39 is 16.2 Å². The largest absolute Gasteiger partial charge is 0.326 e. The molecule has 0 amide bonds. The molecule has 0 spiro atoms. The van der Waals surface area contributed by atoms with Gasteiger partial charge in [-0.15, -0.1) is 0 Å². The summed E-state index contributed by atoms with van der Waals surface area (Å²) in [6.45, 7) is 0.699. The van der Waals surface area contributed by atoms with Gasteiger partial charge in [0.05, 0.1) is 4.90 Å². The molecule has 6 heteroatoms. The monoisotopic (exact) mass is 284 g/mol. The molecule has 3 atom stereocenters. The SMILES string of the molecule is NCc1ccc(S(=O)(=O)N2CC3CC2CC3F)cc1. The highest BCUT2D eigenvalue weighted by atomic mass is 32.2. The van der Waals surface area contributed by atoms with E-state index in [0.717, 1.165) is 5.56 Å². The minimum atomic E-state index is -3.49. The molecule has 0 radical (unpaired) electrons. The highest BCUT2D eigenvalue weighted by Gasteiger charge is 2.49. The molecule has 104 valence electrons. The van der Waals surface area contributed by atoms with E-state index in [2.05, 4.69) is 0 Å². The Balaban J connectivity index is 1.87. The van der Waals surface area contributed by atoms with Crippen LogP contribution in [0.2, 0.25) is 0 Å². The maximum absolute atomic E-state index is 13.4. The van der Waals surface area contributed by atoms with E-state index in [4.69, 9.17) is 5.73 Å². The standard InChI is InChI=1S/C13H17FN2O2S/c14-13-6-11-5-10(13)8-16(11)19(17,18)12-3-1-9(7-15)2-4-12/h1-4,10-11,13H,5-8,15H2. The number of benzene rings is 1. The molecule has 0 aromatic heterocycles. The zero-order valence-electron chi connectivity index (χ0n) is 10.5. The molecule has 2 N–H and O–H groups in total. The number of piperidine rings is 1. The Morgan fingerprint density at radius 1 is 1.26 bits per heavy atom. The lowest BCUT2D eigenvalue weighted by atomic mass is 10.1. The summed E-state index contributed by atoms with van der Waals surface area (Å²) in [5, 5.41) is 0. The second-order valence-electron chi connectivity index (χ2n) is 5.32. The van der Waals surface area contributed by atoms with Crippen LogP contribution in [-0.4, -0.2) is 31.5 Å². The number of rotatable bonds is 3. The number of sulfonamides is 1. The van der Waals surface area contributed by atoms with Crippen molar-refractivity contribution in [2.24, 2.45) is 11.7 Å². The van der Waals surface area contributed by atoms with Gasteiger partial charge in [-0.05, 0) is 30.5 Å². The number of nitrogens with zero attached hydrogens (tertiary/aromatic N) is 1. The summed E-state index contributed by atoms with van der Waals surface area (Å²) < 4.78 is 39.9. The number of hydrogen-bond acceptors (Lipinski definition) is 3. The van der Waals surface area contributed by atoms with Crippen molar-refractivity contribution in [3.8, 4) is 0 Å². The summed E-state index contributed by atoms with van der Waals surface area (Å²) in [5.74, 6) is -0.122. The van der Waals surface area contributed by atoms with Gasteiger partial charge < -0.3 is 5.73 Å². The van der Waals surface area contributed by atoms with Crippen LogP contribution in [-0.2, 0) is 16.6 Å². The van der Waals surface area contributed by atoms with Crippen molar-refractivity contribution in [3.63, 3.8) is 0 Å². The Hall–Kier alpha value is -0.980. The van der Waals surface area contributed by atoms with E-state index in [-0.39, 0.29) is 16.9 Å². The van der Waals surface area contributed by atoms with Gasteiger partial charge in [-0.25, -0.2) is 12.8 Å². The first-order valence-electron chi connectivity index (χ1n) is 6.47. The van der Waals surface area contributed by atoms with Crippen LogP contribution in [0.4, 0.5) is 4.39 Å². The van der Waals surface area contributed by atoms with Gasteiger partial charge in [0.25, 0.3) is 0 Å².